The Kier molecular flexibility index (Phi) is 7.61. The summed E-state index contributed by atoms with van der Waals surface area (Å²) in [5, 5.41) is 0. The normalized spacial score (nSPS) is 15.0. The Morgan fingerprint density at radius 3 is 2.06 bits per heavy atom. The van der Waals surface area contributed by atoms with E-state index in [1.54, 1.807) is 54.6 Å². The minimum absolute atomic E-state index is 0.0464. The summed E-state index contributed by atoms with van der Waals surface area (Å²) in [7, 11) is -1.04. The van der Waals surface area contributed by atoms with Crippen LogP contribution in [-0.4, -0.2) is 35.2 Å². The molecule has 0 fully saturated rings. The van der Waals surface area contributed by atoms with E-state index in [0.29, 0.717) is 36.0 Å². The van der Waals surface area contributed by atoms with E-state index in [4.69, 9.17) is 18.9 Å². The van der Waals surface area contributed by atoms with Gasteiger partial charge in [-0.15, -0.1) is 0 Å². The second-order valence-electron chi connectivity index (χ2n) is 7.74. The van der Waals surface area contributed by atoms with E-state index in [0.717, 1.165) is 17.2 Å². The lowest BCUT2D eigenvalue weighted by atomic mass is 10.1. The zero-order valence-corrected chi connectivity index (χ0v) is 20.3. The van der Waals surface area contributed by atoms with Crippen LogP contribution in [0.15, 0.2) is 72.8 Å². The van der Waals surface area contributed by atoms with E-state index >= 15 is 0 Å². The summed E-state index contributed by atoms with van der Waals surface area (Å²) in [5.74, 6) is -0.0236. The highest BCUT2D eigenvalue weighted by Gasteiger charge is 2.20. The van der Waals surface area contributed by atoms with Crippen LogP contribution in [0.4, 0.5) is 0 Å². The van der Waals surface area contributed by atoms with Gasteiger partial charge in [0.15, 0.2) is 0 Å². The number of nitrogens with one attached hydrogen (secondary N) is 1. The highest BCUT2D eigenvalue weighted by Crippen LogP contribution is 2.51. The quantitative estimate of drug-likeness (QED) is 0.419. The number of amides is 1. The van der Waals surface area contributed by atoms with Gasteiger partial charge in [-0.3, -0.25) is 4.79 Å². The molecule has 3 aromatic carbocycles. The van der Waals surface area contributed by atoms with Crippen molar-refractivity contribution in [1.82, 2.24) is 4.72 Å². The molecule has 0 saturated carbocycles. The first-order valence-electron chi connectivity index (χ1n) is 10.8. The van der Waals surface area contributed by atoms with Gasteiger partial charge in [-0.25, -0.2) is 4.79 Å². The molecular weight excluding hydrogens is 486 g/mol. The summed E-state index contributed by atoms with van der Waals surface area (Å²) >= 11 is 0. The monoisotopic (exact) mass is 509 g/mol. The van der Waals surface area contributed by atoms with Crippen LogP contribution in [-0.2, 0) is 27.5 Å². The number of methoxy groups -OCH3 is 2. The third-order valence-corrected chi connectivity index (χ3v) is 6.71. The van der Waals surface area contributed by atoms with Gasteiger partial charge in [-0.05, 0) is 41.0 Å². The molecule has 1 aliphatic heterocycles. The number of benzene rings is 3. The molecule has 1 N–H and O–H groups in total. The van der Waals surface area contributed by atoms with E-state index < -0.39 is 22.7 Å². The standard InChI is InChI=1S/C26H25NO8S/c1-32-21-4-3-5-22(25(21)26(29)33-2)35-20-12-8-18(9-13-20)16-34-15-17-6-10-19(11-7-17)23-14-24(28)27-36(23,30)31/h3-14,30-31H,15-16H2,1-2H3,(H,27,28)/p-2. The Morgan fingerprint density at radius 1 is 0.889 bits per heavy atom. The molecule has 1 heterocycles. The first kappa shape index (κ1) is 25.3. The Labute approximate surface area is 209 Å². The molecule has 0 bridgehead atoms. The lowest BCUT2D eigenvalue weighted by Gasteiger charge is -2.57. The summed E-state index contributed by atoms with van der Waals surface area (Å²) in [5.41, 5.74) is 2.39. The van der Waals surface area contributed by atoms with Gasteiger partial charge in [0.05, 0.1) is 27.4 Å². The molecular formula is C26H23NO8S-2. The van der Waals surface area contributed by atoms with Crippen molar-refractivity contribution < 1.29 is 37.6 Å². The summed E-state index contributed by atoms with van der Waals surface area (Å²) in [6.07, 6.45) is 1.07. The van der Waals surface area contributed by atoms with Gasteiger partial charge in [0, 0.05) is 11.0 Å². The second-order valence-corrected chi connectivity index (χ2v) is 9.39. The maximum absolute atomic E-state index is 12.2. The first-order chi connectivity index (χ1) is 17.3. The molecule has 3 aromatic rings. The predicted molar refractivity (Wildman–Crippen MR) is 131 cm³/mol. The number of esters is 1. The maximum Gasteiger partial charge on any atom is 0.345 e. The van der Waals surface area contributed by atoms with Crippen LogP contribution in [0.2, 0.25) is 0 Å². The third-order valence-electron chi connectivity index (χ3n) is 5.31. The van der Waals surface area contributed by atoms with Crippen LogP contribution in [0.3, 0.4) is 0 Å². The highest BCUT2D eigenvalue weighted by atomic mass is 32.3. The second kappa shape index (κ2) is 10.8. The van der Waals surface area contributed by atoms with Gasteiger partial charge in [-0.2, -0.15) is 0 Å². The minimum atomic E-state index is -3.80. The zero-order valence-electron chi connectivity index (χ0n) is 19.5. The van der Waals surface area contributed by atoms with Crippen molar-refractivity contribution in [3.63, 3.8) is 0 Å². The van der Waals surface area contributed by atoms with Crippen LogP contribution in [0.25, 0.3) is 4.91 Å². The molecule has 0 atom stereocenters. The van der Waals surface area contributed by atoms with Gasteiger partial charge in [0.25, 0.3) is 5.91 Å². The molecule has 1 aliphatic rings. The van der Waals surface area contributed by atoms with Gasteiger partial charge in [0.1, 0.15) is 22.8 Å². The van der Waals surface area contributed by atoms with E-state index in [2.05, 4.69) is 0 Å². The first-order valence-corrected chi connectivity index (χ1v) is 12.3. The number of carbonyl (C=O) groups is 2. The SMILES string of the molecule is COC(=O)c1c(OC)cccc1Oc1ccc(COCc2ccc(C3=CC(=O)NS3([O-])[O-])cc2)cc1. The van der Waals surface area contributed by atoms with E-state index in [1.807, 2.05) is 16.9 Å². The summed E-state index contributed by atoms with van der Waals surface area (Å²) in [4.78, 5) is 23.5. The van der Waals surface area contributed by atoms with Crippen molar-refractivity contribution in [2.45, 2.75) is 13.2 Å². The molecule has 0 spiro atoms. The fourth-order valence-electron chi connectivity index (χ4n) is 3.55. The van der Waals surface area contributed by atoms with Gasteiger partial charge in [-0.1, -0.05) is 42.5 Å². The van der Waals surface area contributed by atoms with Crippen molar-refractivity contribution >= 4 is 27.6 Å². The summed E-state index contributed by atoms with van der Waals surface area (Å²) < 4.78 is 47.5. The van der Waals surface area contributed by atoms with Crippen molar-refractivity contribution in [3.8, 4) is 17.2 Å². The fourth-order valence-corrected chi connectivity index (χ4v) is 4.70. The number of sulfonamides is 1. The van der Waals surface area contributed by atoms with Crippen LogP contribution >= 0.6 is 10.8 Å². The largest absolute Gasteiger partial charge is 0.779 e. The topological polar surface area (TPSA) is 129 Å². The molecule has 0 unspecified atom stereocenters. The Bertz CT molecular complexity index is 1290. The van der Waals surface area contributed by atoms with Gasteiger partial charge >= 0.3 is 5.97 Å². The minimum Gasteiger partial charge on any atom is -0.779 e. The van der Waals surface area contributed by atoms with Crippen molar-refractivity contribution in [2.24, 2.45) is 0 Å². The van der Waals surface area contributed by atoms with Crippen molar-refractivity contribution in [2.75, 3.05) is 14.2 Å². The van der Waals surface area contributed by atoms with E-state index in [9.17, 15) is 18.7 Å². The number of carbonyl (C=O) groups excluding carboxylic acids is 2. The zero-order chi connectivity index (χ0) is 25.7. The van der Waals surface area contributed by atoms with E-state index in [-0.39, 0.29) is 10.5 Å². The Balaban J connectivity index is 1.34. The number of rotatable bonds is 9. The lowest BCUT2D eigenvalue weighted by Crippen LogP contribution is -2.19. The van der Waals surface area contributed by atoms with E-state index in [1.165, 1.54) is 14.2 Å². The highest BCUT2D eigenvalue weighted by molar-refractivity contribution is 8.31. The van der Waals surface area contributed by atoms with Crippen molar-refractivity contribution in [1.29, 1.82) is 0 Å². The van der Waals surface area contributed by atoms with Crippen LogP contribution in [0.5, 0.6) is 17.2 Å². The summed E-state index contributed by atoms with van der Waals surface area (Å²) in [6.45, 7) is 0.653. The molecule has 10 heteroatoms. The fraction of sp³-hybridized carbons (Fsp3) is 0.154. The Morgan fingerprint density at radius 2 is 1.50 bits per heavy atom. The molecule has 1 amide bonds. The molecule has 0 aromatic heterocycles. The lowest BCUT2D eigenvalue weighted by molar-refractivity contribution is -0.114. The maximum atomic E-state index is 12.2. The number of hydrogen-bond acceptors (Lipinski definition) is 8. The molecule has 0 saturated heterocycles. The average Bonchev–Trinajstić information content (AvgIpc) is 3.16. The molecule has 0 aliphatic carbocycles. The molecule has 188 valence electrons. The van der Waals surface area contributed by atoms with Crippen LogP contribution in [0, 0.1) is 0 Å². The third kappa shape index (κ3) is 5.69. The molecule has 9 nitrogen and oxygen atoms in total. The van der Waals surface area contributed by atoms with Crippen LogP contribution in [0.1, 0.15) is 27.0 Å². The average molecular weight is 510 g/mol. The Hall–Kier alpha value is -3.83. The van der Waals surface area contributed by atoms with Gasteiger partial charge < -0.3 is 43.6 Å². The predicted octanol–water partition coefficient (Wildman–Crippen LogP) is 4.44. The molecule has 4 rings (SSSR count). The molecule has 0 radical (unpaired) electrons. The van der Waals surface area contributed by atoms with Crippen molar-refractivity contribution in [3.05, 3.63) is 95.1 Å². The van der Waals surface area contributed by atoms with Gasteiger partial charge in [0.2, 0.25) is 0 Å². The summed E-state index contributed by atoms with van der Waals surface area (Å²) in [6, 6.07) is 19.0. The number of ether oxygens (including phenoxy) is 4. The molecule has 36 heavy (non-hydrogen) atoms. The number of hydrogen-bond donors (Lipinski definition) is 1. The van der Waals surface area contributed by atoms with Crippen LogP contribution < -0.4 is 14.2 Å². The smallest absolute Gasteiger partial charge is 0.345 e.